The van der Waals surface area contributed by atoms with E-state index in [4.69, 9.17) is 9.84 Å². The summed E-state index contributed by atoms with van der Waals surface area (Å²) >= 11 is 0. The van der Waals surface area contributed by atoms with Crippen LogP contribution < -0.4 is 5.32 Å². The molecule has 0 heterocycles. The number of rotatable bonds is 10. The van der Waals surface area contributed by atoms with Gasteiger partial charge in [-0.1, -0.05) is 76.1 Å². The summed E-state index contributed by atoms with van der Waals surface area (Å²) in [5.41, 5.74) is 1.17. The van der Waals surface area contributed by atoms with Gasteiger partial charge in [0.1, 0.15) is 6.73 Å². The number of carboxylic acid groups (broad SMARTS) is 1. The molecular formula is C24H35NO6. The molecular weight excluding hydrogens is 398 g/mol. The van der Waals surface area contributed by atoms with Crippen molar-refractivity contribution in [3.8, 4) is 0 Å². The molecule has 0 aliphatic heterocycles. The number of aliphatic carboxylic acids is 1. The molecule has 0 fully saturated rings. The molecule has 0 aliphatic carbocycles. The van der Waals surface area contributed by atoms with Crippen LogP contribution in [0.15, 0.2) is 74.9 Å². The maximum absolute atomic E-state index is 10.5. The fourth-order valence-corrected chi connectivity index (χ4v) is 1.30. The fourth-order valence-electron chi connectivity index (χ4n) is 1.30. The van der Waals surface area contributed by atoms with Crippen LogP contribution in [0, 0.1) is 0 Å². The molecule has 2 N–H and O–H groups in total. The largest absolute Gasteiger partial charge is 0.478 e. The summed E-state index contributed by atoms with van der Waals surface area (Å²) in [4.78, 5) is 29.9. The zero-order chi connectivity index (χ0) is 24.3. The summed E-state index contributed by atoms with van der Waals surface area (Å²) in [6.45, 7) is 18.4. The molecule has 1 rings (SSSR count). The van der Waals surface area contributed by atoms with Gasteiger partial charge in [0.25, 0.3) is 0 Å². The van der Waals surface area contributed by atoms with Crippen molar-refractivity contribution in [2.24, 2.45) is 0 Å². The van der Waals surface area contributed by atoms with Crippen LogP contribution >= 0.6 is 0 Å². The number of hydrogen-bond acceptors (Lipinski definition) is 5. The van der Waals surface area contributed by atoms with Crippen LogP contribution in [0.25, 0.3) is 6.08 Å². The van der Waals surface area contributed by atoms with Gasteiger partial charge in [0.2, 0.25) is 5.91 Å². The van der Waals surface area contributed by atoms with Gasteiger partial charge in [-0.25, -0.2) is 9.59 Å². The number of hydrogen-bond donors (Lipinski definition) is 2. The number of esters is 1. The molecule has 0 aliphatic rings. The molecule has 1 amide bonds. The van der Waals surface area contributed by atoms with Crippen LogP contribution in [0.5, 0.6) is 0 Å². The average Bonchev–Trinajstić information content (AvgIpc) is 2.80. The summed E-state index contributed by atoms with van der Waals surface area (Å²) < 4.78 is 9.50. The van der Waals surface area contributed by atoms with Crippen LogP contribution in [0.3, 0.4) is 0 Å². The molecule has 0 unspecified atom stereocenters. The SMILES string of the molecule is C=CC(=O)NCOCCCC.C=CC(=O)O.C=CC(=O)OCC.C=Cc1ccccc1. The summed E-state index contributed by atoms with van der Waals surface area (Å²) in [6, 6.07) is 10.0. The maximum Gasteiger partial charge on any atom is 0.330 e. The van der Waals surface area contributed by atoms with Crippen molar-refractivity contribution in [1.29, 1.82) is 0 Å². The van der Waals surface area contributed by atoms with Gasteiger partial charge in [-0.05, 0) is 25.0 Å². The van der Waals surface area contributed by atoms with Gasteiger partial charge in [-0.15, -0.1) is 0 Å². The van der Waals surface area contributed by atoms with E-state index >= 15 is 0 Å². The van der Waals surface area contributed by atoms with E-state index in [0.717, 1.165) is 25.0 Å². The van der Waals surface area contributed by atoms with Gasteiger partial charge in [0.05, 0.1) is 6.61 Å². The van der Waals surface area contributed by atoms with Gasteiger partial charge >= 0.3 is 11.9 Å². The summed E-state index contributed by atoms with van der Waals surface area (Å²) in [6.07, 6.45) is 7.17. The smallest absolute Gasteiger partial charge is 0.330 e. The first-order valence-electron chi connectivity index (χ1n) is 9.62. The van der Waals surface area contributed by atoms with Gasteiger partial charge < -0.3 is 19.9 Å². The van der Waals surface area contributed by atoms with Crippen molar-refractivity contribution in [2.45, 2.75) is 26.7 Å². The Morgan fingerprint density at radius 3 is 1.90 bits per heavy atom. The number of carboxylic acids is 1. The number of benzene rings is 1. The van der Waals surface area contributed by atoms with E-state index in [2.05, 4.69) is 43.3 Å². The standard InChI is InChI=1S/C8H15NO2.C8H8.C5H8O2.C3H4O2/c1-3-5-6-11-7-9-8(10)4-2;1-2-8-6-4-3-5-7-8;1-3-5(6)7-4-2;1-2-3(4)5/h4H,2-3,5-7H2,1H3,(H,9,10);2-7H,1H2;3H,1,4H2,2H3;2H,1H2,(H,4,5). The predicted molar refractivity (Wildman–Crippen MR) is 125 cm³/mol. The van der Waals surface area contributed by atoms with E-state index < -0.39 is 5.97 Å². The number of nitrogens with one attached hydrogen (secondary N) is 1. The fraction of sp³-hybridized carbons (Fsp3) is 0.292. The highest BCUT2D eigenvalue weighted by Gasteiger charge is 1.90. The van der Waals surface area contributed by atoms with Crippen LogP contribution in [-0.2, 0) is 23.9 Å². The molecule has 31 heavy (non-hydrogen) atoms. The van der Waals surface area contributed by atoms with Crippen LogP contribution in [0.1, 0.15) is 32.3 Å². The second kappa shape index (κ2) is 26.6. The quantitative estimate of drug-likeness (QED) is 0.246. The number of carbonyl (C=O) groups excluding carboxylic acids is 2. The van der Waals surface area contributed by atoms with Gasteiger partial charge in [-0.2, -0.15) is 0 Å². The van der Waals surface area contributed by atoms with Crippen molar-refractivity contribution >= 4 is 23.9 Å². The van der Waals surface area contributed by atoms with Gasteiger partial charge in [0.15, 0.2) is 0 Å². The average molecular weight is 434 g/mol. The Labute approximate surface area is 185 Å². The number of amides is 1. The van der Waals surface area contributed by atoms with Gasteiger partial charge in [0, 0.05) is 18.8 Å². The van der Waals surface area contributed by atoms with Crippen LogP contribution in [0.4, 0.5) is 0 Å². The molecule has 7 nitrogen and oxygen atoms in total. The Kier molecular flexibility index (Phi) is 27.6. The Morgan fingerprint density at radius 1 is 1.00 bits per heavy atom. The molecule has 0 saturated heterocycles. The monoisotopic (exact) mass is 433 g/mol. The topological polar surface area (TPSA) is 102 Å². The molecule has 0 spiro atoms. The lowest BCUT2D eigenvalue weighted by molar-refractivity contribution is -0.137. The number of carbonyl (C=O) groups is 3. The lowest BCUT2D eigenvalue weighted by Gasteiger charge is -2.02. The Morgan fingerprint density at radius 2 is 1.58 bits per heavy atom. The normalized spacial score (nSPS) is 8.19. The van der Waals surface area contributed by atoms with E-state index in [1.54, 1.807) is 6.92 Å². The van der Waals surface area contributed by atoms with Crippen molar-refractivity contribution in [2.75, 3.05) is 19.9 Å². The zero-order valence-electron chi connectivity index (χ0n) is 18.5. The minimum absolute atomic E-state index is 0.193. The second-order valence-electron chi connectivity index (χ2n) is 5.26. The Bertz CT molecular complexity index is 641. The molecule has 0 atom stereocenters. The van der Waals surface area contributed by atoms with E-state index in [-0.39, 0.29) is 18.6 Å². The van der Waals surface area contributed by atoms with Crippen LogP contribution in [-0.4, -0.2) is 42.9 Å². The van der Waals surface area contributed by atoms with Crippen molar-refractivity contribution in [1.82, 2.24) is 5.32 Å². The lowest BCUT2D eigenvalue weighted by atomic mass is 10.2. The maximum atomic E-state index is 10.5. The van der Waals surface area contributed by atoms with Crippen LogP contribution in [0.2, 0.25) is 0 Å². The molecule has 7 heteroatoms. The molecule has 1 aromatic carbocycles. The van der Waals surface area contributed by atoms with Crippen molar-refractivity contribution in [3.63, 3.8) is 0 Å². The highest BCUT2D eigenvalue weighted by atomic mass is 16.5. The van der Waals surface area contributed by atoms with E-state index in [9.17, 15) is 14.4 Å². The van der Waals surface area contributed by atoms with E-state index in [1.165, 1.54) is 11.6 Å². The summed E-state index contributed by atoms with van der Waals surface area (Å²) in [5, 5.41) is 10.1. The van der Waals surface area contributed by atoms with E-state index in [1.807, 2.05) is 36.4 Å². The summed E-state index contributed by atoms with van der Waals surface area (Å²) in [5.74, 6) is -1.53. The highest BCUT2D eigenvalue weighted by molar-refractivity contribution is 5.86. The third-order valence-electron chi connectivity index (χ3n) is 2.84. The number of unbranched alkanes of at least 4 members (excludes halogenated alkanes) is 1. The minimum Gasteiger partial charge on any atom is -0.478 e. The third kappa shape index (κ3) is 31.5. The zero-order valence-corrected chi connectivity index (χ0v) is 18.5. The molecule has 1 aromatic rings. The second-order valence-corrected chi connectivity index (χ2v) is 5.26. The highest BCUT2D eigenvalue weighted by Crippen LogP contribution is 1.97. The number of ether oxygens (including phenoxy) is 2. The van der Waals surface area contributed by atoms with Crippen molar-refractivity contribution in [3.05, 3.63) is 80.4 Å². The van der Waals surface area contributed by atoms with Gasteiger partial charge in [-0.3, -0.25) is 4.79 Å². The third-order valence-corrected chi connectivity index (χ3v) is 2.84. The predicted octanol–water partition coefficient (Wildman–Crippen LogP) is 4.38. The minimum atomic E-state index is -0.981. The molecule has 0 radical (unpaired) electrons. The summed E-state index contributed by atoms with van der Waals surface area (Å²) in [7, 11) is 0. The first kappa shape index (κ1) is 32.2. The molecule has 0 aromatic heterocycles. The first-order chi connectivity index (χ1) is 14.8. The molecule has 0 saturated carbocycles. The lowest BCUT2D eigenvalue weighted by Crippen LogP contribution is -2.23. The van der Waals surface area contributed by atoms with Crippen molar-refractivity contribution < 1.29 is 29.0 Å². The molecule has 0 bridgehead atoms. The van der Waals surface area contributed by atoms with E-state index in [0.29, 0.717) is 13.2 Å². The first-order valence-corrected chi connectivity index (χ1v) is 9.62. The Hall–Kier alpha value is -3.45. The Balaban J connectivity index is -0.000000350. The molecule has 172 valence electrons.